The summed E-state index contributed by atoms with van der Waals surface area (Å²) >= 11 is 17.6. The Morgan fingerprint density at radius 1 is 0.897 bits per heavy atom. The largest absolute Gasteiger partial charge is 0.490 e. The Hall–Kier alpha value is -1.15. The maximum absolute atomic E-state index is 6.10. The number of ether oxygens (including phenoxy) is 1. The molecule has 0 radical (unpaired) electrons. The maximum Gasteiger partial charge on any atom is 0.119 e. The second-order valence-electron chi connectivity index (χ2n) is 7.95. The molecule has 2 aromatic carbocycles. The van der Waals surface area contributed by atoms with Crippen LogP contribution in [-0.4, -0.2) is 6.61 Å². The van der Waals surface area contributed by atoms with E-state index < -0.39 is 0 Å². The summed E-state index contributed by atoms with van der Waals surface area (Å²) in [6, 6.07) is 14.6. The molecule has 0 aliphatic heterocycles. The maximum atomic E-state index is 6.10. The van der Waals surface area contributed by atoms with Crippen molar-refractivity contribution in [2.75, 3.05) is 6.61 Å². The van der Waals surface area contributed by atoms with Gasteiger partial charge < -0.3 is 4.74 Å². The highest BCUT2D eigenvalue weighted by Crippen LogP contribution is 2.38. The van der Waals surface area contributed by atoms with Gasteiger partial charge in [-0.3, -0.25) is 0 Å². The first-order chi connectivity index (χ1) is 14.2. The molecule has 0 unspecified atom stereocenters. The summed E-state index contributed by atoms with van der Waals surface area (Å²) in [6.07, 6.45) is 12.0. The summed E-state index contributed by atoms with van der Waals surface area (Å²) in [4.78, 5) is 0. The minimum atomic E-state index is 0.513. The van der Waals surface area contributed by atoms with Crippen molar-refractivity contribution in [3.63, 3.8) is 0 Å². The number of hydrogen-bond donors (Lipinski definition) is 0. The van der Waals surface area contributed by atoms with Crippen molar-refractivity contribution in [3.05, 3.63) is 75.2 Å². The van der Waals surface area contributed by atoms with Crippen LogP contribution in [0.4, 0.5) is 0 Å². The van der Waals surface area contributed by atoms with E-state index in [0.29, 0.717) is 22.6 Å². The van der Waals surface area contributed by atoms with Gasteiger partial charge in [0.1, 0.15) is 12.4 Å². The van der Waals surface area contributed by atoms with Crippen LogP contribution in [-0.2, 0) is 6.42 Å². The van der Waals surface area contributed by atoms with Gasteiger partial charge in [0, 0.05) is 5.54 Å². The zero-order valence-electron chi connectivity index (χ0n) is 16.8. The van der Waals surface area contributed by atoms with E-state index in [-0.39, 0.29) is 0 Å². The Bertz CT molecular complexity index is 777. The molecular formula is C25H29Cl3O. The van der Waals surface area contributed by atoms with Crippen molar-refractivity contribution in [1.82, 2.24) is 0 Å². The first-order valence-electron chi connectivity index (χ1n) is 10.6. The molecule has 1 aliphatic carbocycles. The van der Waals surface area contributed by atoms with Crippen molar-refractivity contribution >= 4 is 34.8 Å². The lowest BCUT2D eigenvalue weighted by Crippen LogP contribution is -2.13. The number of unbranched alkanes of at least 4 members (excludes halogenated alkanes) is 1. The first-order valence-corrected chi connectivity index (χ1v) is 11.8. The molecule has 1 nitrogen and oxygen atoms in total. The Morgan fingerprint density at radius 2 is 1.66 bits per heavy atom. The number of benzene rings is 2. The molecule has 4 heteroatoms. The predicted octanol–water partition coefficient (Wildman–Crippen LogP) is 8.81. The lowest BCUT2D eigenvalue weighted by molar-refractivity contribution is 0.303. The van der Waals surface area contributed by atoms with E-state index >= 15 is 0 Å². The van der Waals surface area contributed by atoms with Crippen LogP contribution >= 0.6 is 34.8 Å². The molecule has 0 bridgehead atoms. The van der Waals surface area contributed by atoms with E-state index in [1.807, 2.05) is 12.1 Å². The van der Waals surface area contributed by atoms with Crippen LogP contribution in [0.1, 0.15) is 62.0 Å². The zero-order valence-corrected chi connectivity index (χ0v) is 19.0. The summed E-state index contributed by atoms with van der Waals surface area (Å²) in [7, 11) is 0. The molecule has 0 amide bonds. The molecule has 156 valence electrons. The Morgan fingerprint density at radius 3 is 2.34 bits per heavy atom. The van der Waals surface area contributed by atoms with Crippen LogP contribution < -0.4 is 4.74 Å². The lowest BCUT2D eigenvalue weighted by atomic mass is 9.77. The van der Waals surface area contributed by atoms with Gasteiger partial charge in [0.05, 0.1) is 10.0 Å². The van der Waals surface area contributed by atoms with Gasteiger partial charge in [-0.2, -0.15) is 0 Å². The molecule has 0 heterocycles. The summed E-state index contributed by atoms with van der Waals surface area (Å²) in [5.41, 5.74) is 4.22. The predicted molar refractivity (Wildman–Crippen MR) is 126 cm³/mol. The molecule has 1 aliphatic rings. The third-order valence-electron chi connectivity index (χ3n) is 5.95. The van der Waals surface area contributed by atoms with E-state index in [9.17, 15) is 0 Å². The van der Waals surface area contributed by atoms with Crippen molar-refractivity contribution in [2.45, 2.75) is 57.3 Å². The quantitative estimate of drug-likeness (QED) is 0.346. The summed E-state index contributed by atoms with van der Waals surface area (Å²) < 4.78 is 5.62. The number of rotatable bonds is 9. The van der Waals surface area contributed by atoms with Crippen LogP contribution in [0.5, 0.6) is 5.75 Å². The van der Waals surface area contributed by atoms with Gasteiger partial charge in [-0.15, -0.1) is 0 Å². The van der Waals surface area contributed by atoms with Crippen molar-refractivity contribution in [3.8, 4) is 5.75 Å². The Labute approximate surface area is 190 Å². The smallest absolute Gasteiger partial charge is 0.119 e. The topological polar surface area (TPSA) is 9.23 Å². The molecule has 0 spiro atoms. The average Bonchev–Trinajstić information content (AvgIpc) is 2.75. The van der Waals surface area contributed by atoms with Crippen LogP contribution in [0.3, 0.4) is 0 Å². The number of hydrogen-bond acceptors (Lipinski definition) is 1. The second kappa shape index (κ2) is 11.9. The van der Waals surface area contributed by atoms with E-state index in [0.717, 1.165) is 18.1 Å². The van der Waals surface area contributed by atoms with Gasteiger partial charge in [-0.1, -0.05) is 65.8 Å². The molecule has 2 aromatic rings. The standard InChI is InChI=1S/C25H29Cl3O/c26-16-3-17-29-23-13-11-22(12-14-23)21-9-6-19(7-10-21)4-1-2-5-20-8-15-24(27)25(28)18-20/h3,8,11-16,18-19,21H,1-2,4-7,9-10,17H2/b16-3+. The zero-order chi connectivity index (χ0) is 20.5. The molecule has 0 N–H and O–H groups in total. The average molecular weight is 452 g/mol. The third kappa shape index (κ3) is 7.24. The van der Waals surface area contributed by atoms with Crippen molar-refractivity contribution < 1.29 is 4.74 Å². The molecule has 0 aromatic heterocycles. The van der Waals surface area contributed by atoms with E-state index in [1.54, 1.807) is 6.08 Å². The normalized spacial score (nSPS) is 19.6. The molecular weight excluding hydrogens is 423 g/mol. The van der Waals surface area contributed by atoms with Gasteiger partial charge >= 0.3 is 0 Å². The van der Waals surface area contributed by atoms with Gasteiger partial charge in [0.25, 0.3) is 0 Å². The molecule has 0 saturated heterocycles. The second-order valence-corrected chi connectivity index (χ2v) is 9.02. The van der Waals surface area contributed by atoms with Gasteiger partial charge in [0.2, 0.25) is 0 Å². The number of aryl methyl sites for hydroxylation is 1. The first kappa shape index (κ1) is 22.5. The summed E-state index contributed by atoms with van der Waals surface area (Å²) in [5, 5.41) is 1.30. The van der Waals surface area contributed by atoms with Crippen LogP contribution in [0.25, 0.3) is 0 Å². The SMILES string of the molecule is Cl/C=C/COc1ccc(C2CCC(CCCCc3ccc(Cl)c(Cl)c3)CC2)cc1. The van der Waals surface area contributed by atoms with Gasteiger partial charge in [-0.05, 0) is 91.8 Å². The van der Waals surface area contributed by atoms with Gasteiger partial charge in [0.15, 0.2) is 0 Å². The lowest BCUT2D eigenvalue weighted by Gasteiger charge is -2.29. The molecule has 3 rings (SSSR count). The summed E-state index contributed by atoms with van der Waals surface area (Å²) in [6.45, 7) is 0.513. The minimum Gasteiger partial charge on any atom is -0.490 e. The third-order valence-corrected chi connectivity index (χ3v) is 6.86. The monoisotopic (exact) mass is 450 g/mol. The molecule has 1 fully saturated rings. The fraction of sp³-hybridized carbons (Fsp3) is 0.440. The molecule has 29 heavy (non-hydrogen) atoms. The number of halogens is 3. The molecule has 0 atom stereocenters. The van der Waals surface area contributed by atoms with E-state index in [4.69, 9.17) is 39.5 Å². The van der Waals surface area contributed by atoms with Crippen molar-refractivity contribution in [2.24, 2.45) is 5.92 Å². The Balaban J connectivity index is 1.35. The van der Waals surface area contributed by atoms with Crippen LogP contribution in [0, 0.1) is 5.92 Å². The Kier molecular flexibility index (Phi) is 9.24. The minimum absolute atomic E-state index is 0.513. The van der Waals surface area contributed by atoms with E-state index in [1.165, 1.54) is 61.6 Å². The van der Waals surface area contributed by atoms with Gasteiger partial charge in [-0.25, -0.2) is 0 Å². The van der Waals surface area contributed by atoms with E-state index in [2.05, 4.69) is 30.3 Å². The fourth-order valence-electron chi connectivity index (χ4n) is 4.26. The highest BCUT2D eigenvalue weighted by Gasteiger charge is 2.22. The molecule has 1 saturated carbocycles. The summed E-state index contributed by atoms with van der Waals surface area (Å²) in [5.74, 6) is 2.48. The highest BCUT2D eigenvalue weighted by molar-refractivity contribution is 6.42. The fourth-order valence-corrected chi connectivity index (χ4v) is 4.65. The van der Waals surface area contributed by atoms with Crippen LogP contribution in [0.15, 0.2) is 54.1 Å². The highest BCUT2D eigenvalue weighted by atomic mass is 35.5. The van der Waals surface area contributed by atoms with Crippen LogP contribution in [0.2, 0.25) is 10.0 Å². The van der Waals surface area contributed by atoms with Crippen molar-refractivity contribution in [1.29, 1.82) is 0 Å².